The van der Waals surface area contributed by atoms with Crippen LogP contribution in [0.3, 0.4) is 0 Å². The van der Waals surface area contributed by atoms with E-state index in [4.69, 9.17) is 10.5 Å². The smallest absolute Gasteiger partial charge is 0.249 e. The van der Waals surface area contributed by atoms with Crippen molar-refractivity contribution in [1.82, 2.24) is 15.3 Å². The van der Waals surface area contributed by atoms with Crippen LogP contribution in [0.4, 0.5) is 0 Å². The molecule has 4 N–H and O–H groups in total. The number of aromatic amines is 1. The second kappa shape index (κ2) is 7.27. The largest absolute Gasteiger partial charge is 0.364 e. The maximum absolute atomic E-state index is 12.8. The molecule has 2 heterocycles. The Labute approximate surface area is 151 Å². The number of hydrogen-bond donors (Lipinski definition) is 3. The zero-order valence-electron chi connectivity index (χ0n) is 14.4. The van der Waals surface area contributed by atoms with Gasteiger partial charge < -0.3 is 20.8 Å². The van der Waals surface area contributed by atoms with Gasteiger partial charge in [0.05, 0.1) is 29.5 Å². The summed E-state index contributed by atoms with van der Waals surface area (Å²) in [5, 5.41) is 3.15. The molecule has 1 aliphatic heterocycles. The molecule has 6 heteroatoms. The summed E-state index contributed by atoms with van der Waals surface area (Å²) in [6.07, 6.45) is 2.73. The number of nitrogens with zero attached hydrogens (tertiary/aromatic N) is 1. The molecule has 0 saturated carbocycles. The zero-order chi connectivity index (χ0) is 17.9. The highest BCUT2D eigenvalue weighted by atomic mass is 16.5. The van der Waals surface area contributed by atoms with Gasteiger partial charge in [0.25, 0.3) is 0 Å². The summed E-state index contributed by atoms with van der Waals surface area (Å²) in [7, 11) is 0. The lowest BCUT2D eigenvalue weighted by Gasteiger charge is -2.22. The Hall–Kier alpha value is -2.70. The van der Waals surface area contributed by atoms with Crippen molar-refractivity contribution in [2.45, 2.75) is 31.1 Å². The number of nitrogens with two attached hydrogens (primary N) is 1. The first kappa shape index (κ1) is 16.8. The number of carbonyl (C=O) groups excluding carboxylic acids is 1. The number of carbonyl (C=O) groups is 1. The molecule has 134 valence electrons. The van der Waals surface area contributed by atoms with Gasteiger partial charge in [-0.05, 0) is 36.1 Å². The number of nitrogens with one attached hydrogen (secondary N) is 2. The van der Waals surface area contributed by atoms with Crippen LogP contribution in [-0.4, -0.2) is 34.6 Å². The second-order valence-electron chi connectivity index (χ2n) is 6.59. The van der Waals surface area contributed by atoms with E-state index in [9.17, 15) is 4.79 Å². The van der Waals surface area contributed by atoms with E-state index in [2.05, 4.69) is 15.3 Å². The van der Waals surface area contributed by atoms with Crippen molar-refractivity contribution in [3.05, 3.63) is 66.0 Å². The van der Waals surface area contributed by atoms with Gasteiger partial charge in [-0.3, -0.25) is 4.79 Å². The van der Waals surface area contributed by atoms with Gasteiger partial charge >= 0.3 is 0 Å². The second-order valence-corrected chi connectivity index (χ2v) is 6.59. The van der Waals surface area contributed by atoms with Gasteiger partial charge in [-0.25, -0.2) is 4.98 Å². The SMILES string of the molecule is NC[C@H]1CC[C@@H](C(=O)NC(c2ccccc2)c2ccc3nc[nH]c3c2)O1. The van der Waals surface area contributed by atoms with Crippen molar-refractivity contribution in [1.29, 1.82) is 0 Å². The van der Waals surface area contributed by atoms with E-state index < -0.39 is 6.10 Å². The Morgan fingerprint density at radius 2 is 2.08 bits per heavy atom. The summed E-state index contributed by atoms with van der Waals surface area (Å²) in [5.41, 5.74) is 9.51. The molecule has 3 aromatic rings. The number of aromatic nitrogens is 2. The first-order valence-electron chi connectivity index (χ1n) is 8.88. The van der Waals surface area contributed by atoms with Crippen molar-refractivity contribution < 1.29 is 9.53 Å². The molecule has 0 spiro atoms. The Kier molecular flexibility index (Phi) is 4.69. The lowest BCUT2D eigenvalue weighted by atomic mass is 9.97. The van der Waals surface area contributed by atoms with E-state index in [1.54, 1.807) is 6.33 Å². The summed E-state index contributed by atoms with van der Waals surface area (Å²) in [6.45, 7) is 0.447. The first-order valence-corrected chi connectivity index (χ1v) is 8.88. The molecule has 1 unspecified atom stereocenters. The lowest BCUT2D eigenvalue weighted by molar-refractivity contribution is -0.132. The molecule has 0 radical (unpaired) electrons. The summed E-state index contributed by atoms with van der Waals surface area (Å²) in [5.74, 6) is -0.0977. The number of H-pyrrole nitrogens is 1. The topological polar surface area (TPSA) is 93.0 Å². The van der Waals surface area contributed by atoms with E-state index in [0.717, 1.165) is 28.6 Å². The minimum Gasteiger partial charge on any atom is -0.364 e. The molecule has 26 heavy (non-hydrogen) atoms. The van der Waals surface area contributed by atoms with Crippen LogP contribution in [0.25, 0.3) is 11.0 Å². The number of ether oxygens (including phenoxy) is 1. The van der Waals surface area contributed by atoms with Crippen molar-refractivity contribution in [2.75, 3.05) is 6.54 Å². The zero-order valence-corrected chi connectivity index (χ0v) is 14.4. The van der Waals surface area contributed by atoms with Gasteiger partial charge in [0.2, 0.25) is 5.91 Å². The van der Waals surface area contributed by atoms with Crippen LogP contribution in [-0.2, 0) is 9.53 Å². The van der Waals surface area contributed by atoms with Crippen LogP contribution in [0, 0.1) is 0 Å². The summed E-state index contributed by atoms with van der Waals surface area (Å²) < 4.78 is 5.75. The Morgan fingerprint density at radius 1 is 1.23 bits per heavy atom. The Balaban J connectivity index is 1.62. The number of rotatable bonds is 5. The molecular formula is C20H22N4O2. The highest BCUT2D eigenvalue weighted by Crippen LogP contribution is 2.26. The number of fused-ring (bicyclic) bond motifs is 1. The van der Waals surface area contributed by atoms with Crippen molar-refractivity contribution in [2.24, 2.45) is 5.73 Å². The summed E-state index contributed by atoms with van der Waals surface area (Å²) in [6, 6.07) is 15.7. The molecular weight excluding hydrogens is 328 g/mol. The molecule has 0 aliphatic carbocycles. The molecule has 1 saturated heterocycles. The third-order valence-electron chi connectivity index (χ3n) is 4.86. The van der Waals surface area contributed by atoms with E-state index >= 15 is 0 Å². The van der Waals surface area contributed by atoms with Crippen molar-refractivity contribution in [3.8, 4) is 0 Å². The van der Waals surface area contributed by atoms with Gasteiger partial charge in [0.15, 0.2) is 0 Å². The fourth-order valence-electron chi connectivity index (χ4n) is 3.44. The minimum absolute atomic E-state index is 0.0257. The van der Waals surface area contributed by atoms with Crippen LogP contribution in [0.2, 0.25) is 0 Å². The minimum atomic E-state index is -0.439. The van der Waals surface area contributed by atoms with Gasteiger partial charge in [-0.15, -0.1) is 0 Å². The molecule has 1 fully saturated rings. The van der Waals surface area contributed by atoms with Gasteiger partial charge in [0, 0.05) is 6.54 Å². The fourth-order valence-corrected chi connectivity index (χ4v) is 3.44. The quantitative estimate of drug-likeness (QED) is 0.658. The third-order valence-corrected chi connectivity index (χ3v) is 4.86. The standard InChI is InChI=1S/C20H22N4O2/c21-11-15-7-9-18(26-15)20(25)24-19(13-4-2-1-3-5-13)14-6-8-16-17(10-14)23-12-22-16/h1-6,8,10,12,15,18-19H,7,9,11,21H2,(H,22,23)(H,24,25)/t15-,18+,19?/m1/s1. The van der Waals surface area contributed by atoms with E-state index in [1.807, 2.05) is 48.5 Å². The molecule has 2 aromatic carbocycles. The maximum atomic E-state index is 12.8. The van der Waals surface area contributed by atoms with Crippen LogP contribution in [0.15, 0.2) is 54.9 Å². The van der Waals surface area contributed by atoms with Crippen molar-refractivity contribution >= 4 is 16.9 Å². The summed E-state index contributed by atoms with van der Waals surface area (Å²) in [4.78, 5) is 20.2. The van der Waals surface area contributed by atoms with Crippen molar-refractivity contribution in [3.63, 3.8) is 0 Å². The van der Waals surface area contributed by atoms with Gasteiger partial charge in [0.1, 0.15) is 6.10 Å². The fraction of sp³-hybridized carbons (Fsp3) is 0.300. The monoisotopic (exact) mass is 350 g/mol. The lowest BCUT2D eigenvalue weighted by Crippen LogP contribution is -2.38. The van der Waals surface area contributed by atoms with Crippen LogP contribution in [0.5, 0.6) is 0 Å². The molecule has 1 aliphatic rings. The van der Waals surface area contributed by atoms with E-state index in [-0.39, 0.29) is 18.1 Å². The first-order chi connectivity index (χ1) is 12.7. The maximum Gasteiger partial charge on any atom is 0.249 e. The predicted octanol–water partition coefficient (Wildman–Crippen LogP) is 2.27. The van der Waals surface area contributed by atoms with Gasteiger partial charge in [-0.2, -0.15) is 0 Å². The van der Waals surface area contributed by atoms with Crippen LogP contribution < -0.4 is 11.1 Å². The molecule has 4 rings (SSSR count). The average molecular weight is 350 g/mol. The molecule has 1 aromatic heterocycles. The van der Waals surface area contributed by atoms with E-state index in [1.165, 1.54) is 0 Å². The molecule has 6 nitrogen and oxygen atoms in total. The number of amides is 1. The predicted molar refractivity (Wildman–Crippen MR) is 99.5 cm³/mol. The number of benzene rings is 2. The van der Waals surface area contributed by atoms with Gasteiger partial charge in [-0.1, -0.05) is 36.4 Å². The average Bonchev–Trinajstić information content (AvgIpc) is 3.35. The van der Waals surface area contributed by atoms with E-state index in [0.29, 0.717) is 13.0 Å². The third kappa shape index (κ3) is 3.34. The highest BCUT2D eigenvalue weighted by molar-refractivity contribution is 5.82. The number of imidazole rings is 1. The van der Waals surface area contributed by atoms with Crippen LogP contribution in [0.1, 0.15) is 30.0 Å². The van der Waals surface area contributed by atoms with Crippen LogP contribution >= 0.6 is 0 Å². The Morgan fingerprint density at radius 3 is 2.85 bits per heavy atom. The highest BCUT2D eigenvalue weighted by Gasteiger charge is 2.31. The normalized spacial score (nSPS) is 21.0. The summed E-state index contributed by atoms with van der Waals surface area (Å²) >= 11 is 0. The number of hydrogen-bond acceptors (Lipinski definition) is 4. The molecule has 0 bridgehead atoms. The molecule has 1 amide bonds. The molecule has 3 atom stereocenters. The Bertz CT molecular complexity index is 893.